The van der Waals surface area contributed by atoms with Crippen LogP contribution in [0.3, 0.4) is 0 Å². The number of Topliss-reactive ketones (excluding diaryl/α,β-unsaturated/α-hetero) is 1. The number of hydrogen-bond acceptors (Lipinski definition) is 9. The van der Waals surface area contributed by atoms with E-state index in [0.717, 1.165) is 12.0 Å². The van der Waals surface area contributed by atoms with Gasteiger partial charge in [-0.05, 0) is 43.2 Å². The van der Waals surface area contributed by atoms with Gasteiger partial charge in [-0.3, -0.25) is 19.2 Å². The first kappa shape index (κ1) is 42.8. The Kier molecular flexibility index (Phi) is 17.5. The molecule has 0 aliphatic carbocycles. The van der Waals surface area contributed by atoms with Crippen molar-refractivity contribution in [2.75, 3.05) is 34.9 Å². The second-order valence-corrected chi connectivity index (χ2v) is 14.3. The van der Waals surface area contributed by atoms with E-state index >= 15 is 0 Å². The molecule has 1 saturated heterocycles. The summed E-state index contributed by atoms with van der Waals surface area (Å²) in [4.78, 5) is 70.5. The number of rotatable bonds is 20. The van der Waals surface area contributed by atoms with Gasteiger partial charge < -0.3 is 34.6 Å². The third kappa shape index (κ3) is 11.1. The Morgan fingerprint density at radius 3 is 2.08 bits per heavy atom. The predicted octanol–water partition coefficient (Wildman–Crippen LogP) is 3.60. The number of methoxy groups -OCH3 is 2. The van der Waals surface area contributed by atoms with Crippen LogP contribution in [0.15, 0.2) is 30.3 Å². The lowest BCUT2D eigenvalue weighted by Crippen LogP contribution is -2.59. The molecule has 0 spiro atoms. The van der Waals surface area contributed by atoms with Crippen LogP contribution in [0, 0.1) is 23.7 Å². The van der Waals surface area contributed by atoms with Crippen LogP contribution in [0.5, 0.6) is 0 Å². The molecule has 8 atom stereocenters. The number of nitrogens with one attached hydrogen (secondary N) is 2. The van der Waals surface area contributed by atoms with Crippen molar-refractivity contribution in [3.63, 3.8) is 0 Å². The number of esters is 1. The lowest BCUT2D eigenvalue weighted by molar-refractivity contribution is -0.159. The highest BCUT2D eigenvalue weighted by Crippen LogP contribution is 2.30. The van der Waals surface area contributed by atoms with Gasteiger partial charge in [0.1, 0.15) is 12.6 Å². The fraction of sp³-hybridized carbons (Fsp3) is 0.711. The number of hydrogen-bond donors (Lipinski definition) is 2. The van der Waals surface area contributed by atoms with Gasteiger partial charge in [0.15, 0.2) is 0 Å². The molecule has 1 heterocycles. The lowest BCUT2D eigenvalue weighted by Gasteiger charge is -2.41. The summed E-state index contributed by atoms with van der Waals surface area (Å²) in [5.41, 5.74) is 0.769. The van der Waals surface area contributed by atoms with Crippen molar-refractivity contribution in [3.8, 4) is 0 Å². The first-order valence-electron chi connectivity index (χ1n) is 18.0. The minimum atomic E-state index is -0.940. The Balaban J connectivity index is 2.23. The molecular formula is C38H62N4O8. The van der Waals surface area contributed by atoms with Gasteiger partial charge in [0.05, 0.1) is 42.7 Å². The zero-order valence-electron chi connectivity index (χ0n) is 32.1. The molecule has 2 N–H and O–H groups in total. The van der Waals surface area contributed by atoms with Crippen LogP contribution < -0.4 is 10.6 Å². The number of amides is 3. The number of carbonyl (C=O) groups excluding carboxylic acids is 5. The normalized spacial score (nSPS) is 18.9. The number of likely N-dealkylation sites (N-methyl/N-ethyl adjacent to an activating group) is 2. The largest absolute Gasteiger partial charge is 0.455 e. The highest BCUT2D eigenvalue weighted by molar-refractivity contribution is 6.34. The van der Waals surface area contributed by atoms with E-state index in [1.807, 2.05) is 71.9 Å². The number of carbonyl (C=O) groups is 5. The summed E-state index contributed by atoms with van der Waals surface area (Å²) >= 11 is 0. The Morgan fingerprint density at radius 1 is 0.940 bits per heavy atom. The number of likely N-dealkylation sites (tertiary alicyclic amines) is 1. The monoisotopic (exact) mass is 702 g/mol. The van der Waals surface area contributed by atoms with E-state index in [1.54, 1.807) is 30.8 Å². The van der Waals surface area contributed by atoms with Crippen LogP contribution in [0.25, 0.3) is 0 Å². The minimum Gasteiger partial charge on any atom is -0.455 e. The van der Waals surface area contributed by atoms with Gasteiger partial charge in [0.25, 0.3) is 0 Å². The zero-order chi connectivity index (χ0) is 37.7. The summed E-state index contributed by atoms with van der Waals surface area (Å²) in [5, 5.41) is 6.00. The summed E-state index contributed by atoms with van der Waals surface area (Å²) in [6.07, 6.45) is 0.654. The van der Waals surface area contributed by atoms with E-state index in [4.69, 9.17) is 14.2 Å². The van der Waals surface area contributed by atoms with Crippen LogP contribution in [0.1, 0.15) is 79.7 Å². The Bertz CT molecular complexity index is 1260. The molecule has 1 aliphatic rings. The zero-order valence-corrected chi connectivity index (χ0v) is 32.1. The fourth-order valence-corrected chi connectivity index (χ4v) is 7.03. The van der Waals surface area contributed by atoms with Crippen molar-refractivity contribution in [3.05, 3.63) is 35.9 Å². The van der Waals surface area contributed by atoms with Crippen LogP contribution in [-0.2, 0) is 44.8 Å². The molecule has 50 heavy (non-hydrogen) atoms. The minimum absolute atomic E-state index is 0.00854. The molecule has 0 radical (unpaired) electrons. The Hall–Kier alpha value is -3.35. The number of nitrogens with zero attached hydrogens (tertiary/aromatic N) is 2. The average Bonchev–Trinajstić information content (AvgIpc) is 3.58. The second kappa shape index (κ2) is 20.5. The molecule has 1 fully saturated rings. The van der Waals surface area contributed by atoms with Crippen molar-refractivity contribution >= 4 is 29.5 Å². The average molecular weight is 703 g/mol. The van der Waals surface area contributed by atoms with Gasteiger partial charge in [0, 0.05) is 27.8 Å². The molecule has 1 aromatic rings. The molecule has 0 saturated carbocycles. The van der Waals surface area contributed by atoms with E-state index in [1.165, 1.54) is 14.2 Å². The van der Waals surface area contributed by atoms with Crippen molar-refractivity contribution < 1.29 is 38.2 Å². The second-order valence-electron chi connectivity index (χ2n) is 14.3. The smallest absolute Gasteiger partial charge is 0.375 e. The first-order valence-corrected chi connectivity index (χ1v) is 18.0. The molecule has 12 heteroatoms. The summed E-state index contributed by atoms with van der Waals surface area (Å²) in [5.74, 6) is -3.38. The van der Waals surface area contributed by atoms with E-state index in [-0.39, 0.29) is 48.5 Å². The van der Waals surface area contributed by atoms with Crippen molar-refractivity contribution in [2.24, 2.45) is 23.7 Å². The molecule has 1 aliphatic heterocycles. The standard InChI is InChI=1S/C38H62N4O8/c1-12-25(6)33(41(9)37(46)32(24(4)5)40-36(45)31(39-8)23(2)3)29(48-10)21-30(43)42-20-16-19-28(42)35(49-11)26(7)34(44)38(47)50-22-27-17-14-13-15-18-27/h13-15,17-18,23-26,28-29,31-33,35,39H,12,16,19-22H2,1-11H3,(H,40,45)/t25-,26-,28-,29+,31-,32-,33?,35+/m0/s1. The van der Waals surface area contributed by atoms with E-state index in [0.29, 0.717) is 19.4 Å². The van der Waals surface area contributed by atoms with E-state index in [9.17, 15) is 24.0 Å². The third-order valence-electron chi connectivity index (χ3n) is 10.2. The summed E-state index contributed by atoms with van der Waals surface area (Å²) in [7, 11) is 6.45. The Labute approximate surface area is 299 Å². The number of ketones is 1. The SMILES string of the molecule is CC[C@H](C)C([C@@H](CC(=O)N1CCC[C@H]1[C@H](OC)[C@@H](C)C(=O)C(=O)OCc1ccccc1)OC)N(C)C(=O)[C@@H](NC(=O)[C@@H](NC)C(C)C)C(C)C. The number of ether oxygens (including phenoxy) is 3. The summed E-state index contributed by atoms with van der Waals surface area (Å²) < 4.78 is 17.0. The van der Waals surface area contributed by atoms with Crippen LogP contribution in [0.2, 0.25) is 0 Å². The van der Waals surface area contributed by atoms with E-state index in [2.05, 4.69) is 10.6 Å². The summed E-state index contributed by atoms with van der Waals surface area (Å²) in [6, 6.07) is 6.99. The van der Waals surface area contributed by atoms with Gasteiger partial charge in [-0.2, -0.15) is 0 Å². The van der Waals surface area contributed by atoms with Gasteiger partial charge >= 0.3 is 5.97 Å². The topological polar surface area (TPSA) is 144 Å². The van der Waals surface area contributed by atoms with E-state index < -0.39 is 54.0 Å². The molecule has 2 rings (SSSR count). The molecule has 1 unspecified atom stereocenters. The molecule has 3 amide bonds. The summed E-state index contributed by atoms with van der Waals surface area (Å²) in [6.45, 7) is 13.8. The maximum atomic E-state index is 14.1. The molecule has 0 aromatic heterocycles. The third-order valence-corrected chi connectivity index (χ3v) is 10.2. The van der Waals surface area contributed by atoms with Crippen molar-refractivity contribution in [1.82, 2.24) is 20.4 Å². The van der Waals surface area contributed by atoms with Gasteiger partial charge in [-0.1, -0.05) is 85.2 Å². The molecule has 0 bridgehead atoms. The highest BCUT2D eigenvalue weighted by atomic mass is 16.5. The quantitative estimate of drug-likeness (QED) is 0.154. The van der Waals surface area contributed by atoms with Crippen LogP contribution >= 0.6 is 0 Å². The molecular weight excluding hydrogens is 640 g/mol. The van der Waals surface area contributed by atoms with Crippen molar-refractivity contribution in [2.45, 2.75) is 117 Å². The lowest BCUT2D eigenvalue weighted by atomic mass is 9.89. The fourth-order valence-electron chi connectivity index (χ4n) is 7.03. The molecule has 282 valence electrons. The van der Waals surface area contributed by atoms with Crippen LogP contribution in [0.4, 0.5) is 0 Å². The van der Waals surface area contributed by atoms with Gasteiger partial charge in [-0.15, -0.1) is 0 Å². The van der Waals surface area contributed by atoms with Gasteiger partial charge in [0.2, 0.25) is 23.5 Å². The maximum absolute atomic E-state index is 14.1. The van der Waals surface area contributed by atoms with Gasteiger partial charge in [-0.25, -0.2) is 4.79 Å². The molecule has 1 aromatic carbocycles. The Morgan fingerprint density at radius 2 is 1.56 bits per heavy atom. The predicted molar refractivity (Wildman–Crippen MR) is 192 cm³/mol. The highest BCUT2D eigenvalue weighted by Gasteiger charge is 2.44. The maximum Gasteiger partial charge on any atom is 0.375 e. The number of benzene rings is 1. The molecule has 12 nitrogen and oxygen atoms in total. The van der Waals surface area contributed by atoms with Crippen molar-refractivity contribution in [1.29, 1.82) is 0 Å². The first-order chi connectivity index (χ1) is 23.6. The van der Waals surface area contributed by atoms with Crippen LogP contribution in [-0.4, -0.2) is 111 Å².